The zero-order chi connectivity index (χ0) is 20.4. The SMILES string of the molecule is COc1cc(C#N)ccc1-c1nc(C)nc2cc(S(=O)Nc3nccs3)ccc12. The van der Waals surface area contributed by atoms with Crippen molar-refractivity contribution in [3.63, 3.8) is 0 Å². The van der Waals surface area contributed by atoms with Gasteiger partial charge in [-0.2, -0.15) is 5.26 Å². The second-order valence-electron chi connectivity index (χ2n) is 6.03. The number of methoxy groups -OCH3 is 1. The van der Waals surface area contributed by atoms with Crippen LogP contribution in [-0.2, 0) is 11.0 Å². The molecule has 1 unspecified atom stereocenters. The highest BCUT2D eigenvalue weighted by atomic mass is 32.2. The fourth-order valence-electron chi connectivity index (χ4n) is 2.91. The third kappa shape index (κ3) is 3.81. The van der Waals surface area contributed by atoms with Crippen LogP contribution in [0, 0.1) is 18.3 Å². The number of aryl methyl sites for hydroxylation is 1. The van der Waals surface area contributed by atoms with Gasteiger partial charge in [-0.25, -0.2) is 19.2 Å². The number of rotatable bonds is 5. The molecule has 0 aliphatic heterocycles. The number of nitrogens with zero attached hydrogens (tertiary/aromatic N) is 4. The Morgan fingerprint density at radius 3 is 2.79 bits per heavy atom. The van der Waals surface area contributed by atoms with E-state index in [-0.39, 0.29) is 0 Å². The van der Waals surface area contributed by atoms with Crippen molar-refractivity contribution in [3.8, 4) is 23.1 Å². The molecular formula is C20H15N5O2S2. The van der Waals surface area contributed by atoms with E-state index in [1.165, 1.54) is 11.3 Å². The molecule has 0 radical (unpaired) electrons. The first-order chi connectivity index (χ1) is 14.1. The number of nitriles is 1. The first-order valence-corrected chi connectivity index (χ1v) is 10.6. The van der Waals surface area contributed by atoms with Gasteiger partial charge in [-0.3, -0.25) is 4.72 Å². The molecule has 1 atom stereocenters. The van der Waals surface area contributed by atoms with Crippen molar-refractivity contribution >= 4 is 38.4 Å². The largest absolute Gasteiger partial charge is 0.496 e. The van der Waals surface area contributed by atoms with Crippen LogP contribution >= 0.6 is 11.3 Å². The summed E-state index contributed by atoms with van der Waals surface area (Å²) >= 11 is 1.38. The number of hydrogen-bond donors (Lipinski definition) is 1. The summed E-state index contributed by atoms with van der Waals surface area (Å²) in [5, 5.41) is 12.3. The molecule has 0 saturated carbocycles. The maximum absolute atomic E-state index is 12.6. The van der Waals surface area contributed by atoms with Crippen molar-refractivity contribution in [1.29, 1.82) is 5.26 Å². The molecule has 0 spiro atoms. The van der Waals surface area contributed by atoms with Gasteiger partial charge in [0.2, 0.25) is 0 Å². The lowest BCUT2D eigenvalue weighted by molar-refractivity contribution is 0.416. The van der Waals surface area contributed by atoms with Crippen molar-refractivity contribution in [2.45, 2.75) is 11.8 Å². The predicted molar refractivity (Wildman–Crippen MR) is 113 cm³/mol. The fraction of sp³-hybridized carbons (Fsp3) is 0.100. The quantitative estimate of drug-likeness (QED) is 0.521. The Morgan fingerprint density at radius 1 is 1.21 bits per heavy atom. The molecule has 1 N–H and O–H groups in total. The van der Waals surface area contributed by atoms with E-state index in [1.807, 2.05) is 17.5 Å². The van der Waals surface area contributed by atoms with E-state index in [0.717, 1.165) is 10.9 Å². The van der Waals surface area contributed by atoms with Gasteiger partial charge in [0.15, 0.2) is 16.1 Å². The Balaban J connectivity index is 1.81. The smallest absolute Gasteiger partial charge is 0.194 e. The summed E-state index contributed by atoms with van der Waals surface area (Å²) in [6.45, 7) is 1.80. The lowest BCUT2D eigenvalue weighted by atomic mass is 10.0. The first-order valence-electron chi connectivity index (χ1n) is 8.54. The van der Waals surface area contributed by atoms with Crippen LogP contribution < -0.4 is 9.46 Å². The van der Waals surface area contributed by atoms with Gasteiger partial charge in [-0.05, 0) is 43.3 Å². The Bertz CT molecular complexity index is 1270. The summed E-state index contributed by atoms with van der Waals surface area (Å²) in [5.41, 5.74) is 2.63. The van der Waals surface area contributed by atoms with E-state index in [4.69, 9.17) is 10.00 Å². The third-order valence-electron chi connectivity index (χ3n) is 4.19. The molecular weight excluding hydrogens is 406 g/mol. The maximum atomic E-state index is 12.6. The van der Waals surface area contributed by atoms with Gasteiger partial charge in [0.25, 0.3) is 0 Å². The summed E-state index contributed by atoms with van der Waals surface area (Å²) in [6, 6.07) is 12.7. The third-order valence-corrected chi connectivity index (χ3v) is 6.07. The van der Waals surface area contributed by atoms with Gasteiger partial charge in [-0.1, -0.05) is 0 Å². The Kier molecular flexibility index (Phi) is 5.20. The lowest BCUT2D eigenvalue weighted by Crippen LogP contribution is -2.05. The second kappa shape index (κ2) is 7.95. The second-order valence-corrected chi connectivity index (χ2v) is 8.14. The van der Waals surface area contributed by atoms with E-state index in [2.05, 4.69) is 25.7 Å². The average molecular weight is 422 g/mol. The summed E-state index contributed by atoms with van der Waals surface area (Å²) in [7, 11) is 0.0972. The zero-order valence-corrected chi connectivity index (χ0v) is 17.2. The standard InChI is InChI=1S/C20H15N5O2S2/c1-12-23-17-10-14(29(26)25-20-22-7-8-28-20)4-6-15(17)19(24-12)16-5-3-13(11-21)9-18(16)27-2/h3-10H,1-2H3,(H,22,25). The van der Waals surface area contributed by atoms with Crippen molar-refractivity contribution in [1.82, 2.24) is 15.0 Å². The molecule has 2 heterocycles. The molecule has 0 amide bonds. The number of aromatic nitrogens is 3. The minimum atomic E-state index is -1.46. The van der Waals surface area contributed by atoms with Crippen LogP contribution in [0.5, 0.6) is 5.75 Å². The summed E-state index contributed by atoms with van der Waals surface area (Å²) < 4.78 is 21.0. The van der Waals surface area contributed by atoms with Crippen LogP contribution in [0.2, 0.25) is 0 Å². The fourth-order valence-corrected chi connectivity index (χ4v) is 4.45. The summed E-state index contributed by atoms with van der Waals surface area (Å²) in [5.74, 6) is 1.14. The van der Waals surface area contributed by atoms with E-state index in [9.17, 15) is 4.21 Å². The monoisotopic (exact) mass is 421 g/mol. The van der Waals surface area contributed by atoms with E-state index in [1.54, 1.807) is 44.5 Å². The molecule has 4 rings (SSSR count). The molecule has 0 saturated heterocycles. The number of thiazole rings is 1. The summed E-state index contributed by atoms with van der Waals surface area (Å²) in [4.78, 5) is 13.8. The number of fused-ring (bicyclic) bond motifs is 1. The number of hydrogen-bond acceptors (Lipinski definition) is 7. The summed E-state index contributed by atoms with van der Waals surface area (Å²) in [6.07, 6.45) is 1.65. The molecule has 0 aliphatic carbocycles. The zero-order valence-electron chi connectivity index (χ0n) is 15.5. The van der Waals surface area contributed by atoms with E-state index in [0.29, 0.717) is 38.4 Å². The minimum Gasteiger partial charge on any atom is -0.496 e. The molecule has 144 valence electrons. The van der Waals surface area contributed by atoms with Crippen LogP contribution in [0.4, 0.5) is 5.13 Å². The highest BCUT2D eigenvalue weighted by Crippen LogP contribution is 2.34. The van der Waals surface area contributed by atoms with Crippen LogP contribution in [0.3, 0.4) is 0 Å². The van der Waals surface area contributed by atoms with Gasteiger partial charge >= 0.3 is 0 Å². The highest BCUT2D eigenvalue weighted by Gasteiger charge is 2.15. The molecule has 9 heteroatoms. The lowest BCUT2D eigenvalue weighted by Gasteiger charge is -2.12. The molecule has 2 aromatic carbocycles. The minimum absolute atomic E-state index is 0.506. The molecule has 2 aromatic heterocycles. The maximum Gasteiger partial charge on any atom is 0.194 e. The topological polar surface area (TPSA) is 101 Å². The van der Waals surface area contributed by atoms with Crippen LogP contribution in [0.25, 0.3) is 22.2 Å². The van der Waals surface area contributed by atoms with Gasteiger partial charge in [-0.15, -0.1) is 11.3 Å². The van der Waals surface area contributed by atoms with Crippen molar-refractivity contribution in [2.24, 2.45) is 0 Å². The van der Waals surface area contributed by atoms with Gasteiger partial charge in [0.05, 0.1) is 34.8 Å². The van der Waals surface area contributed by atoms with Crippen LogP contribution in [0.1, 0.15) is 11.4 Å². The molecule has 0 aliphatic rings. The Labute approximate surface area is 173 Å². The molecule has 4 aromatic rings. The number of nitrogens with one attached hydrogen (secondary N) is 1. The number of ether oxygens (including phenoxy) is 1. The average Bonchev–Trinajstić information content (AvgIpc) is 3.25. The van der Waals surface area contributed by atoms with Crippen LogP contribution in [-0.4, -0.2) is 26.3 Å². The normalized spacial score (nSPS) is 11.8. The van der Waals surface area contributed by atoms with Gasteiger partial charge in [0.1, 0.15) is 11.6 Å². The Morgan fingerprint density at radius 2 is 2.07 bits per heavy atom. The number of benzene rings is 2. The molecule has 7 nitrogen and oxygen atoms in total. The van der Waals surface area contributed by atoms with E-state index < -0.39 is 11.0 Å². The van der Waals surface area contributed by atoms with Crippen molar-refractivity contribution in [2.75, 3.05) is 11.8 Å². The predicted octanol–water partition coefficient (Wildman–Crippen LogP) is 4.08. The molecule has 0 bridgehead atoms. The highest BCUT2D eigenvalue weighted by molar-refractivity contribution is 7.86. The first kappa shape index (κ1) is 19.0. The molecule has 0 fully saturated rings. The van der Waals surface area contributed by atoms with Gasteiger partial charge in [0, 0.05) is 22.5 Å². The van der Waals surface area contributed by atoms with Crippen LogP contribution in [0.15, 0.2) is 52.9 Å². The number of anilines is 1. The Hall–Kier alpha value is -3.35. The van der Waals surface area contributed by atoms with Gasteiger partial charge < -0.3 is 4.74 Å². The molecule has 29 heavy (non-hydrogen) atoms. The van der Waals surface area contributed by atoms with Crippen molar-refractivity contribution in [3.05, 3.63) is 59.4 Å². The van der Waals surface area contributed by atoms with Crippen molar-refractivity contribution < 1.29 is 8.95 Å². The van der Waals surface area contributed by atoms with E-state index >= 15 is 0 Å².